The van der Waals surface area contributed by atoms with E-state index in [1.54, 1.807) is 16.9 Å². The molecule has 6 nitrogen and oxygen atoms in total. The highest BCUT2D eigenvalue weighted by Gasteiger charge is 2.32. The SMILES string of the molecule is COc1ccc(N2C[C@@H](C)N(C(=O)CCOc3ccccc3)CC2=O)cc1. The van der Waals surface area contributed by atoms with E-state index in [1.807, 2.05) is 61.5 Å². The van der Waals surface area contributed by atoms with Gasteiger partial charge in [0, 0.05) is 18.3 Å². The monoisotopic (exact) mass is 368 g/mol. The van der Waals surface area contributed by atoms with Crippen LogP contribution >= 0.6 is 0 Å². The van der Waals surface area contributed by atoms with Crippen molar-refractivity contribution in [3.63, 3.8) is 0 Å². The zero-order valence-electron chi connectivity index (χ0n) is 15.6. The average molecular weight is 368 g/mol. The lowest BCUT2D eigenvalue weighted by molar-refractivity contribution is -0.139. The van der Waals surface area contributed by atoms with Crippen LogP contribution < -0.4 is 14.4 Å². The number of amides is 2. The smallest absolute Gasteiger partial charge is 0.246 e. The van der Waals surface area contributed by atoms with Crippen molar-refractivity contribution in [2.75, 3.05) is 31.7 Å². The van der Waals surface area contributed by atoms with Gasteiger partial charge in [-0.1, -0.05) is 18.2 Å². The van der Waals surface area contributed by atoms with E-state index in [9.17, 15) is 9.59 Å². The Morgan fingerprint density at radius 2 is 1.78 bits per heavy atom. The van der Waals surface area contributed by atoms with Crippen LogP contribution in [0.25, 0.3) is 0 Å². The summed E-state index contributed by atoms with van der Waals surface area (Å²) in [7, 11) is 1.61. The Hall–Kier alpha value is -3.02. The van der Waals surface area contributed by atoms with Gasteiger partial charge in [0.05, 0.1) is 20.1 Å². The molecule has 27 heavy (non-hydrogen) atoms. The molecule has 0 spiro atoms. The molecule has 0 unspecified atom stereocenters. The zero-order chi connectivity index (χ0) is 19.2. The minimum atomic E-state index is -0.0874. The van der Waals surface area contributed by atoms with E-state index in [1.165, 1.54) is 0 Å². The third kappa shape index (κ3) is 4.58. The van der Waals surface area contributed by atoms with Crippen LogP contribution in [0, 0.1) is 0 Å². The van der Waals surface area contributed by atoms with Gasteiger partial charge in [-0.15, -0.1) is 0 Å². The number of anilines is 1. The number of hydrogen-bond donors (Lipinski definition) is 0. The minimum Gasteiger partial charge on any atom is -0.497 e. The lowest BCUT2D eigenvalue weighted by Gasteiger charge is -2.39. The number of piperazine rings is 1. The topological polar surface area (TPSA) is 59.1 Å². The van der Waals surface area contributed by atoms with Crippen LogP contribution in [-0.2, 0) is 9.59 Å². The van der Waals surface area contributed by atoms with Gasteiger partial charge in [0.2, 0.25) is 11.8 Å². The van der Waals surface area contributed by atoms with E-state index >= 15 is 0 Å². The Bertz CT molecular complexity index is 777. The fourth-order valence-corrected chi connectivity index (χ4v) is 3.11. The molecule has 0 aliphatic carbocycles. The molecular formula is C21H24N2O4. The zero-order valence-corrected chi connectivity index (χ0v) is 15.6. The maximum Gasteiger partial charge on any atom is 0.246 e. The van der Waals surface area contributed by atoms with Crippen molar-refractivity contribution in [1.82, 2.24) is 4.90 Å². The van der Waals surface area contributed by atoms with Crippen molar-refractivity contribution in [2.45, 2.75) is 19.4 Å². The van der Waals surface area contributed by atoms with Gasteiger partial charge in [-0.3, -0.25) is 9.59 Å². The lowest BCUT2D eigenvalue weighted by Crippen LogP contribution is -2.57. The van der Waals surface area contributed by atoms with Crippen LogP contribution in [-0.4, -0.2) is 49.6 Å². The van der Waals surface area contributed by atoms with Gasteiger partial charge in [-0.05, 0) is 43.3 Å². The summed E-state index contributed by atoms with van der Waals surface area (Å²) < 4.78 is 10.7. The summed E-state index contributed by atoms with van der Waals surface area (Å²) >= 11 is 0. The molecule has 2 amide bonds. The summed E-state index contributed by atoms with van der Waals surface area (Å²) in [5.74, 6) is 1.32. The predicted octanol–water partition coefficient (Wildman–Crippen LogP) is 2.73. The van der Waals surface area contributed by atoms with Crippen LogP contribution in [0.15, 0.2) is 54.6 Å². The van der Waals surface area contributed by atoms with E-state index in [-0.39, 0.29) is 30.8 Å². The van der Waals surface area contributed by atoms with Crippen LogP contribution in [0.2, 0.25) is 0 Å². The van der Waals surface area contributed by atoms with E-state index < -0.39 is 0 Å². The second kappa shape index (κ2) is 8.58. The number of para-hydroxylation sites is 1. The van der Waals surface area contributed by atoms with Gasteiger partial charge in [-0.25, -0.2) is 0 Å². The predicted molar refractivity (Wildman–Crippen MR) is 103 cm³/mol. The van der Waals surface area contributed by atoms with Crippen LogP contribution in [0.3, 0.4) is 0 Å². The summed E-state index contributed by atoms with van der Waals surface area (Å²) in [5.41, 5.74) is 0.812. The molecule has 0 aromatic heterocycles. The number of benzene rings is 2. The van der Waals surface area contributed by atoms with E-state index in [0.29, 0.717) is 13.2 Å². The molecule has 1 aliphatic heterocycles. The standard InChI is InChI=1S/C21H24N2O4/c1-16-14-23(17-8-10-18(26-2)11-9-17)21(25)15-22(16)20(24)12-13-27-19-6-4-3-5-7-19/h3-11,16H,12-15H2,1-2H3/t16-/m1/s1. The van der Waals surface area contributed by atoms with Crippen molar-refractivity contribution in [1.29, 1.82) is 0 Å². The first-order chi connectivity index (χ1) is 13.1. The molecule has 1 saturated heterocycles. The Morgan fingerprint density at radius 1 is 1.07 bits per heavy atom. The number of carbonyl (C=O) groups is 2. The third-order valence-electron chi connectivity index (χ3n) is 4.62. The van der Waals surface area contributed by atoms with Gasteiger partial charge in [0.1, 0.15) is 18.0 Å². The molecule has 1 atom stereocenters. The van der Waals surface area contributed by atoms with E-state index in [2.05, 4.69) is 0 Å². The van der Waals surface area contributed by atoms with Crippen molar-refractivity contribution < 1.29 is 19.1 Å². The second-order valence-corrected chi connectivity index (χ2v) is 6.48. The Labute approximate surface area is 159 Å². The van der Waals surface area contributed by atoms with Crippen molar-refractivity contribution in [2.24, 2.45) is 0 Å². The molecule has 0 N–H and O–H groups in total. The van der Waals surface area contributed by atoms with Gasteiger partial charge in [-0.2, -0.15) is 0 Å². The molecule has 2 aromatic rings. The summed E-state index contributed by atoms with van der Waals surface area (Å²) in [5, 5.41) is 0. The number of nitrogens with zero attached hydrogens (tertiary/aromatic N) is 2. The van der Waals surface area contributed by atoms with Crippen LogP contribution in [0.1, 0.15) is 13.3 Å². The first-order valence-electron chi connectivity index (χ1n) is 9.00. The molecule has 2 aromatic carbocycles. The molecule has 1 heterocycles. The quantitative estimate of drug-likeness (QED) is 0.787. The summed E-state index contributed by atoms with van der Waals surface area (Å²) in [6.45, 7) is 2.80. The molecule has 1 fully saturated rings. The number of methoxy groups -OCH3 is 1. The maximum absolute atomic E-state index is 12.6. The normalized spacial score (nSPS) is 17.0. The molecule has 1 aliphatic rings. The summed E-state index contributed by atoms with van der Waals surface area (Å²) in [6.07, 6.45) is 0.245. The fourth-order valence-electron chi connectivity index (χ4n) is 3.11. The van der Waals surface area contributed by atoms with E-state index in [0.717, 1.165) is 17.2 Å². The first-order valence-corrected chi connectivity index (χ1v) is 9.00. The first kappa shape index (κ1) is 18.8. The van der Waals surface area contributed by atoms with Crippen molar-refractivity contribution in [3.8, 4) is 11.5 Å². The molecule has 0 saturated carbocycles. The highest BCUT2D eigenvalue weighted by atomic mass is 16.5. The number of carbonyl (C=O) groups excluding carboxylic acids is 2. The van der Waals surface area contributed by atoms with Crippen molar-refractivity contribution >= 4 is 17.5 Å². The van der Waals surface area contributed by atoms with E-state index in [4.69, 9.17) is 9.47 Å². The highest BCUT2D eigenvalue weighted by Crippen LogP contribution is 2.23. The number of rotatable bonds is 6. The lowest BCUT2D eigenvalue weighted by atomic mass is 10.1. The highest BCUT2D eigenvalue weighted by molar-refractivity contribution is 5.98. The Kier molecular flexibility index (Phi) is 5.96. The summed E-state index contributed by atoms with van der Waals surface area (Å²) in [6, 6.07) is 16.7. The average Bonchev–Trinajstić information content (AvgIpc) is 2.70. The molecule has 142 valence electrons. The molecule has 3 rings (SSSR count). The molecule has 0 bridgehead atoms. The van der Waals surface area contributed by atoms with Gasteiger partial charge in [0.25, 0.3) is 0 Å². The molecule has 0 radical (unpaired) electrons. The Balaban J connectivity index is 1.55. The number of ether oxygens (including phenoxy) is 2. The molecular weight excluding hydrogens is 344 g/mol. The van der Waals surface area contributed by atoms with Crippen molar-refractivity contribution in [3.05, 3.63) is 54.6 Å². The maximum atomic E-state index is 12.6. The van der Waals surface area contributed by atoms with Crippen LogP contribution in [0.5, 0.6) is 11.5 Å². The molecule has 6 heteroatoms. The second-order valence-electron chi connectivity index (χ2n) is 6.48. The Morgan fingerprint density at radius 3 is 2.44 bits per heavy atom. The minimum absolute atomic E-state index is 0.0611. The number of hydrogen-bond acceptors (Lipinski definition) is 4. The van der Waals surface area contributed by atoms with Gasteiger partial charge >= 0.3 is 0 Å². The third-order valence-corrected chi connectivity index (χ3v) is 4.62. The van der Waals surface area contributed by atoms with Gasteiger partial charge in [0.15, 0.2) is 0 Å². The summed E-state index contributed by atoms with van der Waals surface area (Å²) in [4.78, 5) is 28.5. The fraction of sp³-hybridized carbons (Fsp3) is 0.333. The van der Waals surface area contributed by atoms with Gasteiger partial charge < -0.3 is 19.3 Å². The van der Waals surface area contributed by atoms with Crippen LogP contribution in [0.4, 0.5) is 5.69 Å². The largest absolute Gasteiger partial charge is 0.497 e.